The number of piperidine rings is 1. The van der Waals surface area contributed by atoms with E-state index in [4.69, 9.17) is 9.72 Å². The van der Waals surface area contributed by atoms with Crippen LogP contribution in [0.5, 0.6) is 0 Å². The smallest absolute Gasteiger partial charge is 0.227 e. The van der Waals surface area contributed by atoms with Crippen LogP contribution < -0.4 is 0 Å². The summed E-state index contributed by atoms with van der Waals surface area (Å²) in [6.45, 7) is 5.58. The molecule has 0 saturated carbocycles. The van der Waals surface area contributed by atoms with Crippen LogP contribution in [-0.4, -0.2) is 60.1 Å². The Morgan fingerprint density at radius 3 is 2.96 bits per heavy atom. The second kappa shape index (κ2) is 7.95. The number of nitrogens with zero attached hydrogens (tertiary/aromatic N) is 3. The lowest BCUT2D eigenvalue weighted by Crippen LogP contribution is -2.48. The van der Waals surface area contributed by atoms with E-state index >= 15 is 0 Å². The normalized spacial score (nSPS) is 22.2. The van der Waals surface area contributed by atoms with Crippen LogP contribution in [0.15, 0.2) is 22.9 Å². The molecule has 4 heterocycles. The molecule has 1 amide bonds. The van der Waals surface area contributed by atoms with Gasteiger partial charge in [0, 0.05) is 31.6 Å². The van der Waals surface area contributed by atoms with Crippen LogP contribution in [0.3, 0.4) is 0 Å². The first-order chi connectivity index (χ1) is 12.3. The molecule has 0 aliphatic carbocycles. The minimum atomic E-state index is 0.127. The standard InChI is InChI=1S/C18H23N3O2S2/c22-18(21-6-8-23-9-7-21)14-3-1-5-20(11-14)12-15-13-25-17(19-15)16-4-2-10-24-16/h2,4,10,13-14H,1,3,5-9,11-12H2. The molecule has 25 heavy (non-hydrogen) atoms. The fourth-order valence-corrected chi connectivity index (χ4v) is 5.19. The SMILES string of the molecule is O=C(C1CCCN(Cc2csc(-c3cccs3)n2)C1)N1CCOCC1. The molecule has 4 rings (SSSR count). The molecule has 2 aromatic heterocycles. The number of aromatic nitrogens is 1. The van der Waals surface area contributed by atoms with E-state index in [-0.39, 0.29) is 5.92 Å². The molecule has 0 N–H and O–H groups in total. The first-order valence-electron chi connectivity index (χ1n) is 8.87. The van der Waals surface area contributed by atoms with E-state index < -0.39 is 0 Å². The Kier molecular flexibility index (Phi) is 5.45. The Bertz CT molecular complexity index is 695. The second-order valence-electron chi connectivity index (χ2n) is 6.63. The number of thiophene rings is 1. The zero-order valence-electron chi connectivity index (χ0n) is 14.2. The van der Waals surface area contributed by atoms with Crippen molar-refractivity contribution in [3.8, 4) is 9.88 Å². The zero-order chi connectivity index (χ0) is 17.1. The molecular formula is C18H23N3O2S2. The largest absolute Gasteiger partial charge is 0.378 e. The third-order valence-electron chi connectivity index (χ3n) is 4.85. The molecule has 0 bridgehead atoms. The van der Waals surface area contributed by atoms with Crippen molar-refractivity contribution in [2.24, 2.45) is 5.92 Å². The van der Waals surface area contributed by atoms with E-state index in [1.165, 1.54) is 4.88 Å². The Morgan fingerprint density at radius 2 is 2.16 bits per heavy atom. The number of hydrogen-bond donors (Lipinski definition) is 0. The summed E-state index contributed by atoms with van der Waals surface area (Å²) in [5, 5.41) is 5.34. The summed E-state index contributed by atoms with van der Waals surface area (Å²) in [7, 11) is 0. The predicted molar refractivity (Wildman–Crippen MR) is 101 cm³/mol. The Hall–Kier alpha value is -1.28. The number of thiazole rings is 1. The summed E-state index contributed by atoms with van der Waals surface area (Å²) >= 11 is 3.44. The van der Waals surface area contributed by atoms with E-state index in [0.29, 0.717) is 19.1 Å². The fourth-order valence-electron chi connectivity index (χ4n) is 3.56. The highest BCUT2D eigenvalue weighted by molar-refractivity contribution is 7.20. The van der Waals surface area contributed by atoms with Crippen molar-refractivity contribution in [3.63, 3.8) is 0 Å². The van der Waals surface area contributed by atoms with Gasteiger partial charge in [-0.25, -0.2) is 4.98 Å². The minimum absolute atomic E-state index is 0.127. The van der Waals surface area contributed by atoms with E-state index in [1.54, 1.807) is 22.7 Å². The van der Waals surface area contributed by atoms with Crippen molar-refractivity contribution in [1.29, 1.82) is 0 Å². The van der Waals surface area contributed by atoms with Crippen LogP contribution in [0.1, 0.15) is 18.5 Å². The highest BCUT2D eigenvalue weighted by Gasteiger charge is 2.30. The number of carbonyl (C=O) groups is 1. The van der Waals surface area contributed by atoms with E-state index in [1.807, 2.05) is 4.90 Å². The first-order valence-corrected chi connectivity index (χ1v) is 10.6. The topological polar surface area (TPSA) is 45.7 Å². The molecule has 0 spiro atoms. The Labute approximate surface area is 156 Å². The molecule has 0 radical (unpaired) electrons. The average Bonchev–Trinajstić information content (AvgIpc) is 3.34. The predicted octanol–water partition coefficient (Wildman–Crippen LogP) is 2.94. The Morgan fingerprint density at radius 1 is 1.28 bits per heavy atom. The van der Waals surface area contributed by atoms with Gasteiger partial charge in [-0.3, -0.25) is 9.69 Å². The highest BCUT2D eigenvalue weighted by atomic mass is 32.1. The summed E-state index contributed by atoms with van der Waals surface area (Å²) < 4.78 is 5.36. The minimum Gasteiger partial charge on any atom is -0.378 e. The molecule has 1 atom stereocenters. The first kappa shape index (κ1) is 17.1. The number of carbonyl (C=O) groups excluding carboxylic acids is 1. The maximum absolute atomic E-state index is 12.7. The molecular weight excluding hydrogens is 354 g/mol. The molecule has 2 fully saturated rings. The van der Waals surface area contributed by atoms with Crippen LogP contribution in [0.4, 0.5) is 0 Å². The summed E-state index contributed by atoms with van der Waals surface area (Å²) in [6, 6.07) is 4.18. The van der Waals surface area contributed by atoms with E-state index in [2.05, 4.69) is 27.8 Å². The van der Waals surface area contributed by atoms with Gasteiger partial charge in [0.15, 0.2) is 0 Å². The summed E-state index contributed by atoms with van der Waals surface area (Å²) in [5.74, 6) is 0.438. The lowest BCUT2D eigenvalue weighted by molar-refractivity contribution is -0.141. The molecule has 0 aromatic carbocycles. The van der Waals surface area contributed by atoms with Crippen molar-refractivity contribution in [1.82, 2.24) is 14.8 Å². The quantitative estimate of drug-likeness (QED) is 0.822. The summed E-state index contributed by atoms with van der Waals surface area (Å²) in [5.41, 5.74) is 1.12. The van der Waals surface area contributed by atoms with Gasteiger partial charge >= 0.3 is 0 Å². The van der Waals surface area contributed by atoms with Crippen molar-refractivity contribution in [2.75, 3.05) is 39.4 Å². The van der Waals surface area contributed by atoms with E-state index in [9.17, 15) is 4.79 Å². The van der Waals surface area contributed by atoms with Crippen LogP contribution in [0.25, 0.3) is 9.88 Å². The van der Waals surface area contributed by atoms with Crippen molar-refractivity contribution in [3.05, 3.63) is 28.6 Å². The maximum atomic E-state index is 12.7. The molecule has 134 valence electrons. The molecule has 5 nitrogen and oxygen atoms in total. The molecule has 7 heteroatoms. The van der Waals surface area contributed by atoms with Crippen LogP contribution in [0.2, 0.25) is 0 Å². The number of morpholine rings is 1. The fraction of sp³-hybridized carbons (Fsp3) is 0.556. The molecule has 2 aromatic rings. The van der Waals surface area contributed by atoms with Gasteiger partial charge in [0.1, 0.15) is 5.01 Å². The van der Waals surface area contributed by atoms with Crippen molar-refractivity contribution < 1.29 is 9.53 Å². The monoisotopic (exact) mass is 377 g/mol. The van der Waals surface area contributed by atoms with Crippen LogP contribution in [-0.2, 0) is 16.1 Å². The van der Waals surface area contributed by atoms with Crippen molar-refractivity contribution in [2.45, 2.75) is 19.4 Å². The van der Waals surface area contributed by atoms with E-state index in [0.717, 1.165) is 56.3 Å². The number of hydrogen-bond acceptors (Lipinski definition) is 6. The van der Waals surface area contributed by atoms with Gasteiger partial charge in [-0.15, -0.1) is 22.7 Å². The lowest BCUT2D eigenvalue weighted by Gasteiger charge is -2.36. The third kappa shape index (κ3) is 4.11. The van der Waals surface area contributed by atoms with Gasteiger partial charge in [0.2, 0.25) is 5.91 Å². The van der Waals surface area contributed by atoms with Gasteiger partial charge in [-0.2, -0.15) is 0 Å². The van der Waals surface area contributed by atoms with Gasteiger partial charge in [-0.1, -0.05) is 6.07 Å². The maximum Gasteiger partial charge on any atom is 0.227 e. The van der Waals surface area contributed by atoms with Gasteiger partial charge < -0.3 is 9.64 Å². The molecule has 2 saturated heterocycles. The van der Waals surface area contributed by atoms with Crippen LogP contribution >= 0.6 is 22.7 Å². The van der Waals surface area contributed by atoms with Crippen molar-refractivity contribution >= 4 is 28.6 Å². The molecule has 2 aliphatic rings. The van der Waals surface area contributed by atoms with Gasteiger partial charge in [-0.05, 0) is 30.8 Å². The number of ether oxygens (including phenoxy) is 1. The highest BCUT2D eigenvalue weighted by Crippen LogP contribution is 2.29. The second-order valence-corrected chi connectivity index (χ2v) is 8.44. The Balaban J connectivity index is 1.36. The molecule has 1 unspecified atom stereocenters. The van der Waals surface area contributed by atoms with Crippen LogP contribution in [0, 0.1) is 5.92 Å². The average molecular weight is 378 g/mol. The number of likely N-dealkylation sites (tertiary alicyclic amines) is 1. The van der Waals surface area contributed by atoms with Gasteiger partial charge in [0.05, 0.1) is 29.7 Å². The zero-order valence-corrected chi connectivity index (χ0v) is 15.9. The third-order valence-corrected chi connectivity index (χ3v) is 6.78. The summed E-state index contributed by atoms with van der Waals surface area (Å²) in [6.07, 6.45) is 2.09. The summed E-state index contributed by atoms with van der Waals surface area (Å²) in [4.78, 5) is 23.1. The van der Waals surface area contributed by atoms with Gasteiger partial charge in [0.25, 0.3) is 0 Å². The number of rotatable bonds is 4. The molecule has 2 aliphatic heterocycles. The number of amides is 1. The lowest BCUT2D eigenvalue weighted by atomic mass is 9.96.